The van der Waals surface area contributed by atoms with Gasteiger partial charge in [-0.25, -0.2) is 0 Å². The van der Waals surface area contributed by atoms with Gasteiger partial charge in [-0.05, 0) is 24.7 Å². The molecule has 0 radical (unpaired) electrons. The van der Waals surface area contributed by atoms with Gasteiger partial charge in [0.05, 0.1) is 0 Å². The van der Waals surface area contributed by atoms with Crippen molar-refractivity contribution in [3.63, 3.8) is 0 Å². The standard InChI is InChI=1S/C14H22O/c1-2-6-13-12(9-10-14(13)15)11-7-4-3-5-8-11/h2,11-13H,1,3-10H2. The monoisotopic (exact) mass is 206 g/mol. The molecular formula is C14H22O. The fraction of sp³-hybridized carbons (Fsp3) is 0.786. The molecule has 0 amide bonds. The lowest BCUT2D eigenvalue weighted by molar-refractivity contribution is -0.121. The number of carbonyl (C=O) groups is 1. The van der Waals surface area contributed by atoms with Crippen LogP contribution in [0.25, 0.3) is 0 Å². The smallest absolute Gasteiger partial charge is 0.136 e. The minimum Gasteiger partial charge on any atom is -0.299 e. The Morgan fingerprint density at radius 2 is 1.93 bits per heavy atom. The first-order valence-electron chi connectivity index (χ1n) is 6.46. The molecule has 0 aromatic rings. The van der Waals surface area contributed by atoms with Gasteiger partial charge in [0.15, 0.2) is 0 Å². The lowest BCUT2D eigenvalue weighted by atomic mass is 9.74. The van der Waals surface area contributed by atoms with Gasteiger partial charge in [-0.3, -0.25) is 4.79 Å². The van der Waals surface area contributed by atoms with Gasteiger partial charge in [0, 0.05) is 12.3 Å². The number of allylic oxidation sites excluding steroid dienone is 1. The summed E-state index contributed by atoms with van der Waals surface area (Å²) >= 11 is 0. The van der Waals surface area contributed by atoms with Crippen molar-refractivity contribution in [2.45, 2.75) is 51.4 Å². The Labute approximate surface area is 92.9 Å². The van der Waals surface area contributed by atoms with E-state index in [1.807, 2.05) is 6.08 Å². The molecule has 2 aliphatic carbocycles. The molecule has 2 unspecified atom stereocenters. The van der Waals surface area contributed by atoms with Crippen LogP contribution in [0, 0.1) is 17.8 Å². The van der Waals surface area contributed by atoms with Crippen molar-refractivity contribution in [1.29, 1.82) is 0 Å². The van der Waals surface area contributed by atoms with Crippen LogP contribution >= 0.6 is 0 Å². The third-order valence-corrected chi connectivity index (χ3v) is 4.33. The van der Waals surface area contributed by atoms with Crippen molar-refractivity contribution in [3.8, 4) is 0 Å². The van der Waals surface area contributed by atoms with E-state index in [4.69, 9.17) is 0 Å². The molecule has 0 heterocycles. The van der Waals surface area contributed by atoms with Gasteiger partial charge in [0.2, 0.25) is 0 Å². The van der Waals surface area contributed by atoms with Crippen molar-refractivity contribution in [2.75, 3.05) is 0 Å². The Morgan fingerprint density at radius 3 is 2.60 bits per heavy atom. The molecule has 0 aromatic carbocycles. The molecule has 0 bridgehead atoms. The molecule has 2 fully saturated rings. The second-order valence-electron chi connectivity index (χ2n) is 5.20. The third kappa shape index (κ3) is 2.32. The van der Waals surface area contributed by atoms with Gasteiger partial charge in [-0.1, -0.05) is 38.2 Å². The molecule has 2 aliphatic rings. The Morgan fingerprint density at radius 1 is 1.20 bits per heavy atom. The zero-order valence-electron chi connectivity index (χ0n) is 9.58. The highest BCUT2D eigenvalue weighted by atomic mass is 16.1. The van der Waals surface area contributed by atoms with E-state index in [9.17, 15) is 4.79 Å². The van der Waals surface area contributed by atoms with Crippen molar-refractivity contribution in [2.24, 2.45) is 17.8 Å². The molecule has 0 spiro atoms. The molecule has 2 saturated carbocycles. The Kier molecular flexibility index (Phi) is 3.61. The normalized spacial score (nSPS) is 33.2. The quantitative estimate of drug-likeness (QED) is 0.643. The number of carbonyl (C=O) groups excluding carboxylic acids is 1. The molecule has 84 valence electrons. The van der Waals surface area contributed by atoms with Gasteiger partial charge in [-0.15, -0.1) is 6.58 Å². The SMILES string of the molecule is C=CCC1C(=O)CCC1C1CCCCC1. The zero-order chi connectivity index (χ0) is 10.7. The van der Waals surface area contributed by atoms with Crippen LogP contribution < -0.4 is 0 Å². The summed E-state index contributed by atoms with van der Waals surface area (Å²) in [6.45, 7) is 3.79. The summed E-state index contributed by atoms with van der Waals surface area (Å²) in [5, 5.41) is 0. The highest BCUT2D eigenvalue weighted by Crippen LogP contribution is 2.42. The molecule has 0 N–H and O–H groups in total. The number of ketones is 1. The van der Waals surface area contributed by atoms with E-state index in [2.05, 4.69) is 6.58 Å². The molecule has 0 saturated heterocycles. The maximum atomic E-state index is 11.8. The zero-order valence-corrected chi connectivity index (χ0v) is 9.58. The minimum absolute atomic E-state index is 0.325. The summed E-state index contributed by atoms with van der Waals surface area (Å²) in [7, 11) is 0. The average Bonchev–Trinajstić information content (AvgIpc) is 2.63. The maximum absolute atomic E-state index is 11.8. The number of rotatable bonds is 3. The lowest BCUT2D eigenvalue weighted by Gasteiger charge is -2.30. The van der Waals surface area contributed by atoms with E-state index in [-0.39, 0.29) is 0 Å². The van der Waals surface area contributed by atoms with Crippen molar-refractivity contribution in [1.82, 2.24) is 0 Å². The molecule has 1 nitrogen and oxygen atoms in total. The van der Waals surface area contributed by atoms with Crippen molar-refractivity contribution in [3.05, 3.63) is 12.7 Å². The highest BCUT2D eigenvalue weighted by Gasteiger charge is 2.38. The summed E-state index contributed by atoms with van der Waals surface area (Å²) in [4.78, 5) is 11.8. The van der Waals surface area contributed by atoms with E-state index < -0.39 is 0 Å². The first-order valence-corrected chi connectivity index (χ1v) is 6.46. The molecular weight excluding hydrogens is 184 g/mol. The van der Waals surface area contributed by atoms with Gasteiger partial charge in [-0.2, -0.15) is 0 Å². The second kappa shape index (κ2) is 4.96. The van der Waals surface area contributed by atoms with Crippen LogP contribution in [0.3, 0.4) is 0 Å². The van der Waals surface area contributed by atoms with Gasteiger partial charge >= 0.3 is 0 Å². The van der Waals surface area contributed by atoms with Crippen LogP contribution in [-0.2, 0) is 4.79 Å². The summed E-state index contributed by atoms with van der Waals surface area (Å²) in [6, 6.07) is 0. The van der Waals surface area contributed by atoms with Crippen LogP contribution in [0.15, 0.2) is 12.7 Å². The number of hydrogen-bond donors (Lipinski definition) is 0. The van der Waals surface area contributed by atoms with Crippen LogP contribution in [0.1, 0.15) is 51.4 Å². The highest BCUT2D eigenvalue weighted by molar-refractivity contribution is 5.83. The topological polar surface area (TPSA) is 17.1 Å². The Bertz CT molecular complexity index is 238. The predicted molar refractivity (Wildman–Crippen MR) is 62.6 cm³/mol. The fourth-order valence-electron chi connectivity index (χ4n) is 3.55. The molecule has 0 aromatic heterocycles. The summed E-state index contributed by atoms with van der Waals surface area (Å²) in [5.74, 6) is 2.36. The van der Waals surface area contributed by atoms with Crippen LogP contribution in [0.4, 0.5) is 0 Å². The van der Waals surface area contributed by atoms with Crippen molar-refractivity contribution >= 4 is 5.78 Å². The molecule has 1 heteroatoms. The third-order valence-electron chi connectivity index (χ3n) is 4.33. The number of hydrogen-bond acceptors (Lipinski definition) is 1. The second-order valence-corrected chi connectivity index (χ2v) is 5.20. The molecule has 15 heavy (non-hydrogen) atoms. The summed E-state index contributed by atoms with van der Waals surface area (Å²) in [5.41, 5.74) is 0. The first-order chi connectivity index (χ1) is 7.33. The minimum atomic E-state index is 0.325. The largest absolute Gasteiger partial charge is 0.299 e. The van der Waals surface area contributed by atoms with Gasteiger partial charge < -0.3 is 0 Å². The Balaban J connectivity index is 1.99. The lowest BCUT2D eigenvalue weighted by Crippen LogP contribution is -2.23. The van der Waals surface area contributed by atoms with E-state index in [1.54, 1.807) is 0 Å². The molecule has 0 aliphatic heterocycles. The molecule has 2 rings (SSSR count). The first kappa shape index (κ1) is 10.9. The average molecular weight is 206 g/mol. The van der Waals surface area contributed by atoms with E-state index in [1.165, 1.54) is 32.1 Å². The Hall–Kier alpha value is -0.590. The van der Waals surface area contributed by atoms with E-state index in [0.29, 0.717) is 17.6 Å². The van der Waals surface area contributed by atoms with Crippen molar-refractivity contribution < 1.29 is 4.79 Å². The van der Waals surface area contributed by atoms with Crippen LogP contribution in [0.5, 0.6) is 0 Å². The summed E-state index contributed by atoms with van der Waals surface area (Å²) in [6.07, 6.45) is 11.7. The van der Waals surface area contributed by atoms with Crippen LogP contribution in [-0.4, -0.2) is 5.78 Å². The predicted octanol–water partition coefficient (Wildman–Crippen LogP) is 3.74. The maximum Gasteiger partial charge on any atom is 0.136 e. The number of Topliss-reactive ketones (excluding diaryl/α,β-unsaturated/α-hetero) is 1. The summed E-state index contributed by atoms with van der Waals surface area (Å²) < 4.78 is 0. The van der Waals surface area contributed by atoms with Gasteiger partial charge in [0.1, 0.15) is 5.78 Å². The van der Waals surface area contributed by atoms with Crippen LogP contribution in [0.2, 0.25) is 0 Å². The molecule has 2 atom stereocenters. The van der Waals surface area contributed by atoms with E-state index >= 15 is 0 Å². The fourth-order valence-corrected chi connectivity index (χ4v) is 3.55. The van der Waals surface area contributed by atoms with E-state index in [0.717, 1.165) is 25.2 Å². The van der Waals surface area contributed by atoms with Gasteiger partial charge in [0.25, 0.3) is 0 Å².